The highest BCUT2D eigenvalue weighted by Crippen LogP contribution is 2.32. The molecule has 0 saturated carbocycles. The molecule has 130 valence electrons. The number of carbonyl (C=O) groups is 1. The van der Waals surface area contributed by atoms with Crippen molar-refractivity contribution in [1.82, 2.24) is 9.80 Å². The molecule has 0 bridgehead atoms. The van der Waals surface area contributed by atoms with Gasteiger partial charge in [-0.05, 0) is 30.0 Å². The quantitative estimate of drug-likeness (QED) is 0.856. The van der Waals surface area contributed by atoms with Crippen LogP contribution in [0.1, 0.15) is 17.5 Å². The fourth-order valence-electron chi connectivity index (χ4n) is 4.02. The van der Waals surface area contributed by atoms with Crippen LogP contribution in [-0.4, -0.2) is 41.6 Å². The molecule has 2 aromatic carbocycles. The Kier molecular flexibility index (Phi) is 4.70. The van der Waals surface area contributed by atoms with Gasteiger partial charge in [-0.3, -0.25) is 4.90 Å². The molecular formula is C21H24N2O2. The molecule has 1 amide bonds. The number of hydrogen-bond donors (Lipinski definition) is 0. The van der Waals surface area contributed by atoms with Gasteiger partial charge in [0.25, 0.3) is 0 Å². The van der Waals surface area contributed by atoms with E-state index in [1.165, 1.54) is 12.0 Å². The van der Waals surface area contributed by atoms with Crippen LogP contribution >= 0.6 is 0 Å². The number of likely N-dealkylation sites (tertiary alicyclic amines) is 2. The Hall–Kier alpha value is -2.33. The smallest absolute Gasteiger partial charge is 0.410 e. The highest BCUT2D eigenvalue weighted by atomic mass is 16.6. The first-order chi connectivity index (χ1) is 12.3. The molecule has 2 saturated heterocycles. The zero-order valence-electron chi connectivity index (χ0n) is 14.4. The molecule has 2 heterocycles. The van der Waals surface area contributed by atoms with Gasteiger partial charge in [-0.2, -0.15) is 0 Å². The van der Waals surface area contributed by atoms with Gasteiger partial charge in [0.15, 0.2) is 0 Å². The topological polar surface area (TPSA) is 32.8 Å². The monoisotopic (exact) mass is 336 g/mol. The van der Waals surface area contributed by atoms with Crippen LogP contribution in [0, 0.1) is 5.92 Å². The number of rotatable bonds is 4. The minimum Gasteiger partial charge on any atom is -0.445 e. The number of amides is 1. The summed E-state index contributed by atoms with van der Waals surface area (Å²) in [7, 11) is 0. The number of nitrogens with zero attached hydrogens (tertiary/aromatic N) is 2. The van der Waals surface area contributed by atoms with Gasteiger partial charge in [0, 0.05) is 25.7 Å². The van der Waals surface area contributed by atoms with Crippen molar-refractivity contribution in [1.29, 1.82) is 0 Å². The molecule has 25 heavy (non-hydrogen) atoms. The fraction of sp³-hybridized carbons (Fsp3) is 0.381. The number of benzene rings is 2. The summed E-state index contributed by atoms with van der Waals surface area (Å²) < 4.78 is 5.50. The molecule has 2 aromatic rings. The van der Waals surface area contributed by atoms with E-state index in [0.717, 1.165) is 31.7 Å². The normalized spacial score (nSPS) is 22.8. The third kappa shape index (κ3) is 3.69. The van der Waals surface area contributed by atoms with Crippen molar-refractivity contribution in [2.45, 2.75) is 25.6 Å². The van der Waals surface area contributed by atoms with Crippen molar-refractivity contribution in [2.24, 2.45) is 5.92 Å². The lowest BCUT2D eigenvalue weighted by Crippen LogP contribution is -2.37. The van der Waals surface area contributed by atoms with E-state index < -0.39 is 0 Å². The molecule has 0 aromatic heterocycles. The lowest BCUT2D eigenvalue weighted by Gasteiger charge is -2.24. The average Bonchev–Trinajstić information content (AvgIpc) is 3.24. The Morgan fingerprint density at radius 3 is 2.36 bits per heavy atom. The summed E-state index contributed by atoms with van der Waals surface area (Å²) in [6.45, 7) is 4.04. The van der Waals surface area contributed by atoms with Crippen molar-refractivity contribution in [3.05, 3.63) is 71.8 Å². The van der Waals surface area contributed by atoms with E-state index in [4.69, 9.17) is 4.74 Å². The molecule has 0 radical (unpaired) electrons. The van der Waals surface area contributed by atoms with Crippen molar-refractivity contribution in [2.75, 3.05) is 19.6 Å². The summed E-state index contributed by atoms with van der Waals surface area (Å²) >= 11 is 0. The molecule has 0 N–H and O–H groups in total. The third-order valence-corrected chi connectivity index (χ3v) is 5.35. The van der Waals surface area contributed by atoms with Gasteiger partial charge in [-0.15, -0.1) is 0 Å². The molecule has 2 aliphatic rings. The van der Waals surface area contributed by atoms with Gasteiger partial charge in [0.2, 0.25) is 0 Å². The van der Waals surface area contributed by atoms with Crippen LogP contribution < -0.4 is 0 Å². The average molecular weight is 336 g/mol. The van der Waals surface area contributed by atoms with Gasteiger partial charge >= 0.3 is 6.09 Å². The van der Waals surface area contributed by atoms with Crippen molar-refractivity contribution in [3.63, 3.8) is 0 Å². The largest absolute Gasteiger partial charge is 0.445 e. The SMILES string of the molecule is O=C(OCc1ccccc1)N1C[C@H]2CCN(Cc3ccccc3)[C@H]2C1. The van der Waals surface area contributed by atoms with Crippen molar-refractivity contribution < 1.29 is 9.53 Å². The predicted octanol–water partition coefficient (Wildman–Crippen LogP) is 3.53. The third-order valence-electron chi connectivity index (χ3n) is 5.35. The standard InChI is InChI=1S/C21H24N2O2/c24-21(25-16-18-9-5-2-6-10-18)23-14-19-11-12-22(20(19)15-23)13-17-7-3-1-4-8-17/h1-10,19-20H,11-16H2/t19-,20+/m1/s1. The van der Waals surface area contributed by atoms with Gasteiger partial charge in [0.05, 0.1) is 0 Å². The molecule has 2 atom stereocenters. The Bertz CT molecular complexity index is 704. The predicted molar refractivity (Wildman–Crippen MR) is 96.9 cm³/mol. The molecule has 0 aliphatic carbocycles. The van der Waals surface area contributed by atoms with E-state index in [9.17, 15) is 4.79 Å². The van der Waals surface area contributed by atoms with Crippen LogP contribution in [0.25, 0.3) is 0 Å². The first-order valence-corrected chi connectivity index (χ1v) is 9.03. The highest BCUT2D eigenvalue weighted by molar-refractivity contribution is 5.68. The Morgan fingerprint density at radius 1 is 0.960 bits per heavy atom. The number of fused-ring (bicyclic) bond motifs is 1. The highest BCUT2D eigenvalue weighted by Gasteiger charge is 2.43. The number of ether oxygens (including phenoxy) is 1. The molecule has 4 heteroatoms. The molecule has 0 spiro atoms. The lowest BCUT2D eigenvalue weighted by molar-refractivity contribution is 0.0988. The van der Waals surface area contributed by atoms with E-state index in [-0.39, 0.29) is 6.09 Å². The number of hydrogen-bond acceptors (Lipinski definition) is 3. The Balaban J connectivity index is 1.32. The summed E-state index contributed by atoms with van der Waals surface area (Å²) in [4.78, 5) is 16.8. The maximum absolute atomic E-state index is 12.4. The molecular weight excluding hydrogens is 312 g/mol. The second-order valence-electron chi connectivity index (χ2n) is 7.02. The van der Waals surface area contributed by atoms with E-state index in [2.05, 4.69) is 35.2 Å². The first-order valence-electron chi connectivity index (χ1n) is 9.03. The Labute approximate surface area is 149 Å². The summed E-state index contributed by atoms with van der Waals surface area (Å²) in [5.74, 6) is 0.577. The van der Waals surface area contributed by atoms with Crippen molar-refractivity contribution in [3.8, 4) is 0 Å². The molecule has 4 nitrogen and oxygen atoms in total. The van der Waals surface area contributed by atoms with Crippen LogP contribution in [-0.2, 0) is 17.9 Å². The maximum Gasteiger partial charge on any atom is 0.410 e. The zero-order chi connectivity index (χ0) is 17.1. The van der Waals surface area contributed by atoms with Crippen LogP contribution in [0.15, 0.2) is 60.7 Å². The summed E-state index contributed by atoms with van der Waals surface area (Å²) in [6, 6.07) is 20.9. The van der Waals surface area contributed by atoms with Gasteiger partial charge in [0.1, 0.15) is 6.61 Å². The molecule has 2 aliphatic heterocycles. The second kappa shape index (κ2) is 7.28. The second-order valence-corrected chi connectivity index (χ2v) is 7.02. The van der Waals surface area contributed by atoms with E-state index >= 15 is 0 Å². The summed E-state index contributed by atoms with van der Waals surface area (Å²) in [5, 5.41) is 0. The van der Waals surface area contributed by atoms with E-state index in [0.29, 0.717) is 18.6 Å². The summed E-state index contributed by atoms with van der Waals surface area (Å²) in [5.41, 5.74) is 2.37. The zero-order valence-corrected chi connectivity index (χ0v) is 14.4. The summed E-state index contributed by atoms with van der Waals surface area (Å²) in [6.07, 6.45) is 0.984. The fourth-order valence-corrected chi connectivity index (χ4v) is 4.02. The maximum atomic E-state index is 12.4. The van der Waals surface area contributed by atoms with Crippen LogP contribution in [0.5, 0.6) is 0 Å². The van der Waals surface area contributed by atoms with E-state index in [1.807, 2.05) is 35.2 Å². The number of carbonyl (C=O) groups excluding carboxylic acids is 1. The first kappa shape index (κ1) is 16.2. The van der Waals surface area contributed by atoms with Crippen LogP contribution in [0.2, 0.25) is 0 Å². The van der Waals surface area contributed by atoms with E-state index in [1.54, 1.807) is 0 Å². The minimum atomic E-state index is -0.182. The van der Waals surface area contributed by atoms with Crippen LogP contribution in [0.4, 0.5) is 4.79 Å². The van der Waals surface area contributed by atoms with Gasteiger partial charge in [-0.1, -0.05) is 60.7 Å². The minimum absolute atomic E-state index is 0.182. The Morgan fingerprint density at radius 2 is 1.64 bits per heavy atom. The lowest BCUT2D eigenvalue weighted by atomic mass is 10.0. The van der Waals surface area contributed by atoms with Gasteiger partial charge < -0.3 is 9.64 Å². The van der Waals surface area contributed by atoms with Crippen LogP contribution in [0.3, 0.4) is 0 Å². The molecule has 2 fully saturated rings. The molecule has 0 unspecified atom stereocenters. The van der Waals surface area contributed by atoms with Crippen molar-refractivity contribution >= 4 is 6.09 Å². The molecule has 4 rings (SSSR count). The van der Waals surface area contributed by atoms with Gasteiger partial charge in [-0.25, -0.2) is 4.79 Å².